The highest BCUT2D eigenvalue weighted by Crippen LogP contribution is 2.55. The summed E-state index contributed by atoms with van der Waals surface area (Å²) in [5, 5.41) is 0. The van der Waals surface area contributed by atoms with Crippen LogP contribution in [0.2, 0.25) is 0 Å². The number of hydrogen-bond donors (Lipinski definition) is 0. The van der Waals surface area contributed by atoms with E-state index in [1.165, 1.54) is 19.3 Å². The van der Waals surface area contributed by atoms with Crippen molar-refractivity contribution < 1.29 is 9.53 Å². The van der Waals surface area contributed by atoms with E-state index in [9.17, 15) is 4.79 Å². The van der Waals surface area contributed by atoms with Crippen molar-refractivity contribution in [2.45, 2.75) is 52.1 Å². The number of carbonyl (C=O) groups is 1. The fourth-order valence-electron chi connectivity index (χ4n) is 6.18. The third-order valence-electron chi connectivity index (χ3n) is 7.84. The molecule has 5 rings (SSSR count). The SMILES string of the molecule is CC1=C2C[C@@H]3[C@H](CN4CCN(c5ncccn5)CC4)C(=O)O[C@@H]3C[C@@]2(C)CCC1. The summed E-state index contributed by atoms with van der Waals surface area (Å²) in [6.07, 6.45) is 9.53. The second-order valence-electron chi connectivity index (χ2n) is 9.66. The Kier molecular flexibility index (Phi) is 4.85. The van der Waals surface area contributed by atoms with Crippen LogP contribution in [0.4, 0.5) is 5.95 Å². The van der Waals surface area contributed by atoms with Crippen LogP contribution < -0.4 is 4.90 Å². The fraction of sp³-hybridized carbons (Fsp3) is 0.696. The molecule has 1 aromatic heterocycles. The molecule has 4 aliphatic rings. The molecule has 2 aliphatic carbocycles. The molecular formula is C23H32N4O2. The van der Waals surface area contributed by atoms with Crippen molar-refractivity contribution in [3.8, 4) is 0 Å². The molecule has 0 radical (unpaired) electrons. The second kappa shape index (κ2) is 7.38. The van der Waals surface area contributed by atoms with Crippen LogP contribution >= 0.6 is 0 Å². The minimum absolute atomic E-state index is 0.0197. The van der Waals surface area contributed by atoms with E-state index in [2.05, 4.69) is 33.6 Å². The molecule has 4 atom stereocenters. The number of rotatable bonds is 3. The number of fused-ring (bicyclic) bond motifs is 2. The van der Waals surface area contributed by atoms with Gasteiger partial charge in [-0.3, -0.25) is 9.69 Å². The predicted octanol–water partition coefficient (Wildman–Crippen LogP) is 3.06. The molecule has 1 saturated carbocycles. The molecule has 2 saturated heterocycles. The van der Waals surface area contributed by atoms with Gasteiger partial charge >= 0.3 is 5.97 Å². The first-order chi connectivity index (χ1) is 14.0. The van der Waals surface area contributed by atoms with Crippen molar-refractivity contribution in [2.75, 3.05) is 37.6 Å². The van der Waals surface area contributed by atoms with Gasteiger partial charge in [-0.05, 0) is 50.5 Å². The summed E-state index contributed by atoms with van der Waals surface area (Å²) in [7, 11) is 0. The number of esters is 1. The average molecular weight is 397 g/mol. The summed E-state index contributed by atoms with van der Waals surface area (Å²) in [5.41, 5.74) is 3.46. The maximum Gasteiger partial charge on any atom is 0.310 e. The maximum absolute atomic E-state index is 12.8. The van der Waals surface area contributed by atoms with Crippen molar-refractivity contribution in [3.63, 3.8) is 0 Å². The lowest BCUT2D eigenvalue weighted by Crippen LogP contribution is -2.49. The molecule has 156 valence electrons. The number of aromatic nitrogens is 2. The Bertz CT molecular complexity index is 802. The topological polar surface area (TPSA) is 58.6 Å². The summed E-state index contributed by atoms with van der Waals surface area (Å²) < 4.78 is 5.94. The minimum Gasteiger partial charge on any atom is -0.462 e. The Hall–Kier alpha value is -1.95. The highest BCUT2D eigenvalue weighted by Gasteiger charge is 2.53. The summed E-state index contributed by atoms with van der Waals surface area (Å²) in [6, 6.07) is 1.85. The Morgan fingerprint density at radius 2 is 1.97 bits per heavy atom. The van der Waals surface area contributed by atoms with Gasteiger partial charge in [-0.1, -0.05) is 18.1 Å². The van der Waals surface area contributed by atoms with Crippen molar-refractivity contribution in [3.05, 3.63) is 29.6 Å². The highest BCUT2D eigenvalue weighted by molar-refractivity contribution is 5.76. The number of carbonyl (C=O) groups excluding carboxylic acids is 1. The molecule has 0 bridgehead atoms. The fourth-order valence-corrected chi connectivity index (χ4v) is 6.18. The van der Waals surface area contributed by atoms with Crippen LogP contribution in [0.3, 0.4) is 0 Å². The molecule has 0 aromatic carbocycles. The molecule has 0 N–H and O–H groups in total. The first-order valence-corrected chi connectivity index (χ1v) is 11.2. The van der Waals surface area contributed by atoms with Crippen molar-refractivity contribution in [1.82, 2.24) is 14.9 Å². The molecule has 3 fully saturated rings. The van der Waals surface area contributed by atoms with E-state index in [0.717, 1.165) is 51.5 Å². The molecule has 0 unspecified atom stereocenters. The van der Waals surface area contributed by atoms with Crippen LogP contribution in [0.25, 0.3) is 0 Å². The summed E-state index contributed by atoms with van der Waals surface area (Å²) in [5.74, 6) is 1.22. The van der Waals surface area contributed by atoms with Crippen LogP contribution in [0.1, 0.15) is 46.0 Å². The molecular weight excluding hydrogens is 364 g/mol. The van der Waals surface area contributed by atoms with Crippen molar-refractivity contribution in [1.29, 1.82) is 0 Å². The van der Waals surface area contributed by atoms with E-state index in [1.54, 1.807) is 23.5 Å². The lowest BCUT2D eigenvalue weighted by atomic mass is 9.59. The molecule has 0 spiro atoms. The van der Waals surface area contributed by atoms with Gasteiger partial charge in [-0.2, -0.15) is 0 Å². The van der Waals surface area contributed by atoms with Crippen LogP contribution in [-0.2, 0) is 9.53 Å². The largest absolute Gasteiger partial charge is 0.462 e. The van der Waals surface area contributed by atoms with E-state index in [1.807, 2.05) is 6.07 Å². The molecule has 6 heteroatoms. The lowest BCUT2D eigenvalue weighted by molar-refractivity contribution is -0.145. The van der Waals surface area contributed by atoms with E-state index in [-0.39, 0.29) is 23.4 Å². The van der Waals surface area contributed by atoms with Crippen LogP contribution in [0.5, 0.6) is 0 Å². The molecule has 0 amide bonds. The summed E-state index contributed by atoms with van der Waals surface area (Å²) in [4.78, 5) is 26.2. The molecule has 6 nitrogen and oxygen atoms in total. The van der Waals surface area contributed by atoms with E-state index < -0.39 is 0 Å². The predicted molar refractivity (Wildman–Crippen MR) is 111 cm³/mol. The van der Waals surface area contributed by atoms with Gasteiger partial charge in [-0.15, -0.1) is 0 Å². The number of hydrogen-bond acceptors (Lipinski definition) is 6. The van der Waals surface area contributed by atoms with Gasteiger partial charge in [0.1, 0.15) is 6.10 Å². The Morgan fingerprint density at radius 1 is 1.21 bits per heavy atom. The van der Waals surface area contributed by atoms with Crippen LogP contribution in [-0.4, -0.2) is 59.7 Å². The van der Waals surface area contributed by atoms with Crippen LogP contribution in [0.15, 0.2) is 29.6 Å². The molecule has 2 aliphatic heterocycles. The zero-order valence-corrected chi connectivity index (χ0v) is 17.6. The van der Waals surface area contributed by atoms with Crippen molar-refractivity contribution in [2.24, 2.45) is 17.3 Å². The number of anilines is 1. The van der Waals surface area contributed by atoms with Crippen molar-refractivity contribution >= 4 is 11.9 Å². The highest BCUT2D eigenvalue weighted by atomic mass is 16.6. The summed E-state index contributed by atoms with van der Waals surface area (Å²) in [6.45, 7) is 9.23. The van der Waals surface area contributed by atoms with Gasteiger partial charge in [0.15, 0.2) is 0 Å². The third kappa shape index (κ3) is 3.45. The first-order valence-electron chi connectivity index (χ1n) is 11.2. The average Bonchev–Trinajstić information content (AvgIpc) is 3.01. The van der Waals surface area contributed by atoms with E-state index in [0.29, 0.717) is 5.92 Å². The molecule has 29 heavy (non-hydrogen) atoms. The quantitative estimate of drug-likeness (QED) is 0.578. The Balaban J connectivity index is 1.25. The third-order valence-corrected chi connectivity index (χ3v) is 7.84. The van der Waals surface area contributed by atoms with Gasteiger partial charge in [0.25, 0.3) is 0 Å². The second-order valence-corrected chi connectivity index (χ2v) is 9.66. The van der Waals surface area contributed by atoms with Gasteiger partial charge < -0.3 is 9.64 Å². The maximum atomic E-state index is 12.8. The standard InChI is InChI=1S/C23H32N4O2/c1-16-5-3-6-23(2)14-20-17(13-19(16)23)18(21(28)29-20)15-26-9-11-27(12-10-26)22-24-7-4-8-25-22/h4,7-8,17-18,20H,3,5-6,9-15H2,1-2H3/t17-,18+,20-,23-/m1/s1. The zero-order chi connectivity index (χ0) is 20.0. The number of ether oxygens (including phenoxy) is 1. The lowest BCUT2D eigenvalue weighted by Gasteiger charge is -2.46. The van der Waals surface area contributed by atoms with E-state index in [4.69, 9.17) is 4.74 Å². The van der Waals surface area contributed by atoms with Gasteiger partial charge in [0.05, 0.1) is 5.92 Å². The summed E-state index contributed by atoms with van der Waals surface area (Å²) >= 11 is 0. The van der Waals surface area contributed by atoms with Gasteiger partial charge in [-0.25, -0.2) is 9.97 Å². The molecule has 3 heterocycles. The normalized spacial score (nSPS) is 35.3. The first kappa shape index (κ1) is 19.0. The number of nitrogens with zero attached hydrogens (tertiary/aromatic N) is 4. The zero-order valence-electron chi connectivity index (χ0n) is 17.6. The van der Waals surface area contributed by atoms with Gasteiger partial charge in [0.2, 0.25) is 5.95 Å². The Labute approximate surface area is 173 Å². The number of piperazine rings is 1. The monoisotopic (exact) mass is 396 g/mol. The van der Waals surface area contributed by atoms with Gasteiger partial charge in [0, 0.05) is 51.0 Å². The molecule has 1 aromatic rings. The van der Waals surface area contributed by atoms with Crippen LogP contribution in [0, 0.1) is 17.3 Å². The Morgan fingerprint density at radius 3 is 2.72 bits per heavy atom. The smallest absolute Gasteiger partial charge is 0.310 e. The minimum atomic E-state index is 0.0197. The van der Waals surface area contributed by atoms with E-state index >= 15 is 0 Å². The number of allylic oxidation sites excluding steroid dienone is 2.